The van der Waals surface area contributed by atoms with Gasteiger partial charge in [-0.05, 0) is 158 Å². The molecule has 402 valence electrons. The van der Waals surface area contributed by atoms with E-state index in [1.54, 1.807) is 22.3 Å². The van der Waals surface area contributed by atoms with Gasteiger partial charge in [0, 0.05) is 39.3 Å². The van der Waals surface area contributed by atoms with E-state index in [1.165, 1.54) is 242 Å². The number of unbranched alkanes of at least 4 members (excludes halogenated alkanes) is 20. The van der Waals surface area contributed by atoms with Crippen molar-refractivity contribution in [2.24, 2.45) is 0 Å². The molecule has 8 rings (SSSR count). The van der Waals surface area contributed by atoms with Crippen LogP contribution < -0.4 is 0 Å². The summed E-state index contributed by atoms with van der Waals surface area (Å²) in [4.78, 5) is 5.61. The van der Waals surface area contributed by atoms with Crippen molar-refractivity contribution in [2.45, 2.75) is 246 Å². The van der Waals surface area contributed by atoms with Crippen LogP contribution in [0.5, 0.6) is 0 Å². The molecule has 2 aliphatic carbocycles. The second-order valence-corrected chi connectivity index (χ2v) is 27.1. The van der Waals surface area contributed by atoms with Crippen LogP contribution in [-0.2, 0) is 10.8 Å². The van der Waals surface area contributed by atoms with Crippen molar-refractivity contribution in [2.75, 3.05) is 0 Å². The van der Waals surface area contributed by atoms with Crippen LogP contribution in [0.1, 0.15) is 250 Å². The molecule has 0 unspecified atom stereocenters. The number of rotatable bonds is 29. The minimum absolute atomic E-state index is 0.174. The molecule has 2 aromatic heterocycles. The van der Waals surface area contributed by atoms with E-state index in [0.29, 0.717) is 0 Å². The lowest BCUT2D eigenvalue weighted by atomic mass is 9.70. The third kappa shape index (κ3) is 16.6. The maximum absolute atomic E-state index is 3.79. The molecule has 0 spiro atoms. The first kappa shape index (κ1) is 60.5. The van der Waals surface area contributed by atoms with Crippen LogP contribution >= 0.6 is 54.5 Å². The first-order valence-corrected chi connectivity index (χ1v) is 33.2. The minimum atomic E-state index is 0.174. The Morgan fingerprint density at radius 3 is 1.01 bits per heavy atom. The van der Waals surface area contributed by atoms with Gasteiger partial charge < -0.3 is 0 Å². The van der Waals surface area contributed by atoms with Gasteiger partial charge >= 0.3 is 0 Å². The largest absolute Gasteiger partial charge is 0.146 e. The number of hydrogen-bond donors (Lipinski definition) is 0. The molecule has 0 radical (unpaired) electrons. The molecule has 0 nitrogen and oxygen atoms in total. The second kappa shape index (κ2) is 31.6. The van der Waals surface area contributed by atoms with Gasteiger partial charge in [-0.25, -0.2) is 0 Å². The van der Waals surface area contributed by atoms with Crippen molar-refractivity contribution in [3.05, 3.63) is 148 Å². The average Bonchev–Trinajstić information content (AvgIpc) is 4.14. The first-order chi connectivity index (χ1) is 36.0. The highest BCUT2D eigenvalue weighted by atomic mass is 79.9. The van der Waals surface area contributed by atoms with Gasteiger partial charge in [0.2, 0.25) is 0 Å². The number of benzene rings is 4. The standard InChI is InChI=1S/C35H48S.C29H40Br2.C6H8S/c1-5-7-9-11-13-15-23-35(24-16-14-12-10-8-6-2)32-25-27(3)17-20-30(32)31-21-19-29(26-33(31)35)34-22-18-28(4)36-34;1-3-5-7-9-11-13-19-29(20-14-12-10-8-6-4-2)27-21-23(30)15-17-25(27)26-18-16-24(31)22-28(26)29;1-5-3-4-6(2)7-5/h17-22,25-26H,5-16,23-24H2,1-4H3;15-18,21-22H,3-14,19-20H2,1-2H3;3-4H,1-2H3. The zero-order valence-electron chi connectivity index (χ0n) is 47.6. The van der Waals surface area contributed by atoms with Crippen molar-refractivity contribution < 1.29 is 0 Å². The van der Waals surface area contributed by atoms with Gasteiger partial charge in [-0.3, -0.25) is 0 Å². The highest BCUT2D eigenvalue weighted by Crippen LogP contribution is 2.57. The number of aryl methyl sites for hydroxylation is 4. The monoisotopic (exact) mass is 1160 g/mol. The van der Waals surface area contributed by atoms with E-state index in [4.69, 9.17) is 0 Å². The summed E-state index contributed by atoms with van der Waals surface area (Å²) in [7, 11) is 0. The van der Waals surface area contributed by atoms with Gasteiger partial charge in [0.1, 0.15) is 0 Å². The highest BCUT2D eigenvalue weighted by molar-refractivity contribution is 9.10. The SMILES string of the molecule is CCCCCCCCC1(CCCCCCCC)c2cc(Br)ccc2-c2ccc(Br)cc21.CCCCCCCCC1(CCCCCCCC)c2cc(C)ccc2-c2ccc(-c3ccc(C)s3)cc21.Cc1ccc(C)s1. The third-order valence-corrected chi connectivity index (χ3v) is 19.5. The number of halogens is 2. The predicted molar refractivity (Wildman–Crippen MR) is 339 cm³/mol. The topological polar surface area (TPSA) is 0 Å². The highest BCUT2D eigenvalue weighted by Gasteiger charge is 2.44. The van der Waals surface area contributed by atoms with Crippen LogP contribution in [0.25, 0.3) is 32.7 Å². The predicted octanol–water partition coefficient (Wildman–Crippen LogP) is 25.1. The van der Waals surface area contributed by atoms with Crippen LogP contribution in [0.3, 0.4) is 0 Å². The van der Waals surface area contributed by atoms with E-state index in [9.17, 15) is 0 Å². The molecular formula is C70H96Br2S2. The molecule has 6 aromatic rings. The van der Waals surface area contributed by atoms with E-state index in [0.717, 1.165) is 0 Å². The van der Waals surface area contributed by atoms with Gasteiger partial charge in [0.15, 0.2) is 0 Å². The Morgan fingerprint density at radius 1 is 0.324 bits per heavy atom. The molecule has 0 saturated heterocycles. The molecule has 4 heteroatoms. The normalized spacial score (nSPS) is 13.4. The van der Waals surface area contributed by atoms with E-state index in [-0.39, 0.29) is 10.8 Å². The van der Waals surface area contributed by atoms with Gasteiger partial charge in [-0.15, -0.1) is 22.7 Å². The molecule has 0 N–H and O–H groups in total. The quantitative estimate of drug-likeness (QED) is 0.0411. The summed E-state index contributed by atoms with van der Waals surface area (Å²) in [6.07, 6.45) is 38.0. The van der Waals surface area contributed by atoms with Gasteiger partial charge in [-0.2, -0.15) is 0 Å². The molecule has 74 heavy (non-hydrogen) atoms. The maximum atomic E-state index is 3.79. The summed E-state index contributed by atoms with van der Waals surface area (Å²) < 4.78 is 2.43. The number of fused-ring (bicyclic) bond motifs is 6. The lowest BCUT2D eigenvalue weighted by molar-refractivity contribution is 0.397. The molecule has 0 fully saturated rings. The van der Waals surface area contributed by atoms with Gasteiger partial charge in [-0.1, -0.05) is 262 Å². The smallest absolute Gasteiger partial charge is 0.0345 e. The molecule has 0 amide bonds. The summed E-state index contributed by atoms with van der Waals surface area (Å²) in [5.41, 5.74) is 15.5. The van der Waals surface area contributed by atoms with Crippen LogP contribution in [0.2, 0.25) is 0 Å². The maximum Gasteiger partial charge on any atom is 0.0345 e. The summed E-state index contributed by atoms with van der Waals surface area (Å²) >= 11 is 11.3. The van der Waals surface area contributed by atoms with E-state index in [1.807, 2.05) is 22.7 Å². The minimum Gasteiger partial charge on any atom is -0.146 e. The lowest BCUT2D eigenvalue weighted by Gasteiger charge is -2.33. The first-order valence-electron chi connectivity index (χ1n) is 30.0. The molecular weight excluding hydrogens is 1060 g/mol. The molecule has 0 bridgehead atoms. The molecule has 0 saturated carbocycles. The van der Waals surface area contributed by atoms with Gasteiger partial charge in [0.05, 0.1) is 0 Å². The molecule has 0 atom stereocenters. The Labute approximate surface area is 478 Å². The zero-order chi connectivity index (χ0) is 52.8. The van der Waals surface area contributed by atoms with Crippen LogP contribution in [-0.4, -0.2) is 0 Å². The van der Waals surface area contributed by atoms with Crippen LogP contribution in [0.4, 0.5) is 0 Å². The Bertz CT molecular complexity index is 2470. The van der Waals surface area contributed by atoms with Crippen molar-refractivity contribution >= 4 is 54.5 Å². The van der Waals surface area contributed by atoms with Crippen molar-refractivity contribution in [3.8, 4) is 32.7 Å². The number of hydrogen-bond acceptors (Lipinski definition) is 2. The summed E-state index contributed by atoms with van der Waals surface area (Å²) in [6.45, 7) is 18.0. The van der Waals surface area contributed by atoms with E-state index < -0.39 is 0 Å². The second-order valence-electron chi connectivity index (χ2n) is 22.5. The molecule has 0 aliphatic heterocycles. The third-order valence-electron chi connectivity index (χ3n) is 16.5. The Balaban J connectivity index is 0.000000214. The molecule has 4 aromatic carbocycles. The number of thiophene rings is 2. The average molecular weight is 1160 g/mol. The van der Waals surface area contributed by atoms with E-state index >= 15 is 0 Å². The van der Waals surface area contributed by atoms with Crippen LogP contribution in [0.15, 0.2) is 106 Å². The fourth-order valence-corrected chi connectivity index (χ4v) is 14.9. The molecule has 2 aliphatic rings. The summed E-state index contributed by atoms with van der Waals surface area (Å²) in [6, 6.07) is 37.5. The van der Waals surface area contributed by atoms with Crippen molar-refractivity contribution in [1.82, 2.24) is 0 Å². The fourth-order valence-electron chi connectivity index (χ4n) is 12.5. The Hall–Kier alpha value is -2.76. The van der Waals surface area contributed by atoms with E-state index in [2.05, 4.69) is 184 Å². The van der Waals surface area contributed by atoms with Crippen molar-refractivity contribution in [1.29, 1.82) is 0 Å². The van der Waals surface area contributed by atoms with Crippen molar-refractivity contribution in [3.63, 3.8) is 0 Å². The summed E-state index contributed by atoms with van der Waals surface area (Å²) in [5.74, 6) is 0. The summed E-state index contributed by atoms with van der Waals surface area (Å²) in [5, 5.41) is 0. The van der Waals surface area contributed by atoms with Crippen LogP contribution in [0, 0.1) is 27.7 Å². The zero-order valence-corrected chi connectivity index (χ0v) is 52.4. The fraction of sp³-hybridized carbons (Fsp3) is 0.543. The lowest BCUT2D eigenvalue weighted by Crippen LogP contribution is -2.25. The molecule has 2 heterocycles. The Morgan fingerprint density at radius 2 is 0.649 bits per heavy atom. The Kier molecular flexibility index (Phi) is 25.8. The van der Waals surface area contributed by atoms with Gasteiger partial charge in [0.25, 0.3) is 0 Å².